The van der Waals surface area contributed by atoms with Gasteiger partial charge in [-0.25, -0.2) is 0 Å². The summed E-state index contributed by atoms with van der Waals surface area (Å²) in [6.07, 6.45) is 3.33. The average molecular weight is 246 g/mol. The van der Waals surface area contributed by atoms with Gasteiger partial charge in [0.25, 0.3) is 0 Å². The van der Waals surface area contributed by atoms with E-state index in [4.69, 9.17) is 0 Å². The number of hydrogen-bond acceptors (Lipinski definition) is 2. The molecule has 0 aromatic heterocycles. The molecule has 1 amide bonds. The summed E-state index contributed by atoms with van der Waals surface area (Å²) in [5.74, 6) is 0.161. The number of hydrogen-bond donors (Lipinski definition) is 1. The molecular formula is C15H22N2O. The van der Waals surface area contributed by atoms with Crippen LogP contribution in [0.25, 0.3) is 0 Å². The molecule has 98 valence electrons. The van der Waals surface area contributed by atoms with Crippen LogP contribution in [0.4, 0.5) is 0 Å². The Morgan fingerprint density at radius 1 is 1.33 bits per heavy atom. The molecule has 1 fully saturated rings. The minimum atomic E-state index is 0.0462. The third kappa shape index (κ3) is 3.10. The molecule has 0 saturated carbocycles. The van der Waals surface area contributed by atoms with E-state index in [-0.39, 0.29) is 18.0 Å². The molecule has 1 aliphatic heterocycles. The van der Waals surface area contributed by atoms with Crippen molar-refractivity contribution in [2.45, 2.75) is 38.3 Å². The first-order valence-corrected chi connectivity index (χ1v) is 6.74. The van der Waals surface area contributed by atoms with Crippen LogP contribution in [0.2, 0.25) is 0 Å². The van der Waals surface area contributed by atoms with E-state index in [9.17, 15) is 4.79 Å². The number of amides is 1. The Morgan fingerprint density at radius 3 is 2.72 bits per heavy atom. The third-order valence-corrected chi connectivity index (χ3v) is 3.73. The van der Waals surface area contributed by atoms with Crippen molar-refractivity contribution in [1.82, 2.24) is 10.2 Å². The lowest BCUT2D eigenvalue weighted by molar-refractivity contribution is -0.127. The first kappa shape index (κ1) is 13.1. The van der Waals surface area contributed by atoms with Crippen molar-refractivity contribution < 1.29 is 4.79 Å². The van der Waals surface area contributed by atoms with Gasteiger partial charge in [0.15, 0.2) is 0 Å². The van der Waals surface area contributed by atoms with E-state index < -0.39 is 0 Å². The molecule has 1 heterocycles. The molecule has 3 nitrogen and oxygen atoms in total. The van der Waals surface area contributed by atoms with Crippen LogP contribution in [0, 0.1) is 0 Å². The largest absolute Gasteiger partial charge is 0.348 e. The number of rotatable bonds is 3. The van der Waals surface area contributed by atoms with E-state index in [1.807, 2.05) is 32.2 Å². The fraction of sp³-hybridized carbons (Fsp3) is 0.533. The maximum absolute atomic E-state index is 12.2. The van der Waals surface area contributed by atoms with E-state index in [0.29, 0.717) is 0 Å². The van der Waals surface area contributed by atoms with Crippen LogP contribution in [0.3, 0.4) is 0 Å². The van der Waals surface area contributed by atoms with E-state index in [1.54, 1.807) is 0 Å². The molecule has 1 saturated heterocycles. The van der Waals surface area contributed by atoms with Gasteiger partial charge in [-0.3, -0.25) is 9.69 Å². The lowest BCUT2D eigenvalue weighted by Gasteiger charge is -2.32. The van der Waals surface area contributed by atoms with Crippen LogP contribution in [0.15, 0.2) is 30.3 Å². The quantitative estimate of drug-likeness (QED) is 0.888. The predicted octanol–water partition coefficient (Wildman–Crippen LogP) is 2.35. The third-order valence-electron chi connectivity index (χ3n) is 3.73. The number of nitrogens with zero attached hydrogens (tertiary/aromatic N) is 1. The molecule has 0 bridgehead atoms. The van der Waals surface area contributed by atoms with Crippen molar-refractivity contribution in [1.29, 1.82) is 0 Å². The number of carbonyl (C=O) groups excluding carboxylic acids is 1. The molecule has 0 radical (unpaired) electrons. The second kappa shape index (κ2) is 6.01. The second-order valence-corrected chi connectivity index (χ2v) is 5.13. The molecule has 0 spiro atoms. The zero-order valence-electron chi connectivity index (χ0n) is 11.2. The number of carbonyl (C=O) groups is 1. The summed E-state index contributed by atoms with van der Waals surface area (Å²) < 4.78 is 0. The molecule has 2 rings (SSSR count). The fourth-order valence-electron chi connectivity index (χ4n) is 2.54. The molecule has 1 aromatic carbocycles. The summed E-state index contributed by atoms with van der Waals surface area (Å²) in [5, 5.41) is 3.12. The smallest absolute Gasteiger partial charge is 0.237 e. The molecule has 0 aliphatic carbocycles. The Balaban J connectivity index is 1.94. The zero-order chi connectivity index (χ0) is 13.0. The van der Waals surface area contributed by atoms with Crippen LogP contribution >= 0.6 is 0 Å². The van der Waals surface area contributed by atoms with Crippen molar-refractivity contribution in [2.24, 2.45) is 0 Å². The monoisotopic (exact) mass is 246 g/mol. The van der Waals surface area contributed by atoms with E-state index >= 15 is 0 Å². The fourth-order valence-corrected chi connectivity index (χ4v) is 2.54. The Kier molecular flexibility index (Phi) is 4.37. The van der Waals surface area contributed by atoms with E-state index in [2.05, 4.69) is 22.3 Å². The molecule has 2 unspecified atom stereocenters. The maximum Gasteiger partial charge on any atom is 0.237 e. The Hall–Kier alpha value is -1.35. The van der Waals surface area contributed by atoms with Gasteiger partial charge in [-0.15, -0.1) is 0 Å². The van der Waals surface area contributed by atoms with Crippen molar-refractivity contribution in [3.8, 4) is 0 Å². The summed E-state index contributed by atoms with van der Waals surface area (Å²) in [4.78, 5) is 14.4. The van der Waals surface area contributed by atoms with Gasteiger partial charge in [-0.05, 0) is 38.9 Å². The van der Waals surface area contributed by atoms with Crippen LogP contribution in [0.1, 0.15) is 37.8 Å². The topological polar surface area (TPSA) is 32.3 Å². The molecule has 1 aliphatic rings. The van der Waals surface area contributed by atoms with Crippen molar-refractivity contribution >= 4 is 5.91 Å². The zero-order valence-corrected chi connectivity index (χ0v) is 11.2. The number of piperidine rings is 1. The van der Waals surface area contributed by atoms with Crippen LogP contribution in [-0.4, -0.2) is 30.4 Å². The van der Waals surface area contributed by atoms with Crippen LogP contribution in [-0.2, 0) is 4.79 Å². The molecule has 1 N–H and O–H groups in total. The number of benzene rings is 1. The Labute approximate surface area is 109 Å². The minimum absolute atomic E-state index is 0.0462. The highest BCUT2D eigenvalue weighted by Gasteiger charge is 2.26. The minimum Gasteiger partial charge on any atom is -0.348 e. The van der Waals surface area contributed by atoms with Crippen molar-refractivity contribution in [2.75, 3.05) is 13.6 Å². The first-order valence-electron chi connectivity index (χ1n) is 6.74. The Bertz CT molecular complexity index is 391. The summed E-state index contributed by atoms with van der Waals surface area (Å²) in [5.41, 5.74) is 1.16. The highest BCUT2D eigenvalue weighted by Crippen LogP contribution is 2.17. The van der Waals surface area contributed by atoms with E-state index in [0.717, 1.165) is 24.9 Å². The second-order valence-electron chi connectivity index (χ2n) is 5.13. The van der Waals surface area contributed by atoms with Gasteiger partial charge < -0.3 is 5.32 Å². The van der Waals surface area contributed by atoms with Gasteiger partial charge in [-0.1, -0.05) is 36.8 Å². The number of nitrogens with one attached hydrogen (secondary N) is 1. The summed E-state index contributed by atoms with van der Waals surface area (Å²) in [7, 11) is 2.04. The summed E-state index contributed by atoms with van der Waals surface area (Å²) in [6, 6.07) is 10.2. The van der Waals surface area contributed by atoms with Crippen LogP contribution < -0.4 is 5.32 Å². The lowest BCUT2D eigenvalue weighted by atomic mass is 10.0. The highest BCUT2D eigenvalue weighted by molar-refractivity contribution is 5.82. The highest BCUT2D eigenvalue weighted by atomic mass is 16.2. The standard InChI is InChI=1S/C15H22N2O/c1-12(13-8-4-3-5-9-13)16-15(18)14-10-6-7-11-17(14)2/h3-5,8-9,12,14H,6-7,10-11H2,1-2H3,(H,16,18). The molecule has 3 heteroatoms. The normalized spacial score (nSPS) is 22.4. The Morgan fingerprint density at radius 2 is 2.06 bits per heavy atom. The SMILES string of the molecule is CC(NC(=O)C1CCCCN1C)c1ccccc1. The van der Waals surface area contributed by atoms with Gasteiger partial charge in [0.2, 0.25) is 5.91 Å². The number of likely N-dealkylation sites (N-methyl/N-ethyl adjacent to an activating group) is 1. The summed E-state index contributed by atoms with van der Waals surface area (Å²) >= 11 is 0. The first-order chi connectivity index (χ1) is 8.68. The summed E-state index contributed by atoms with van der Waals surface area (Å²) in [6.45, 7) is 3.06. The number of likely N-dealkylation sites (tertiary alicyclic amines) is 1. The molecule has 1 aromatic rings. The van der Waals surface area contributed by atoms with Crippen LogP contribution in [0.5, 0.6) is 0 Å². The van der Waals surface area contributed by atoms with Gasteiger partial charge >= 0.3 is 0 Å². The van der Waals surface area contributed by atoms with Gasteiger partial charge in [-0.2, -0.15) is 0 Å². The van der Waals surface area contributed by atoms with Gasteiger partial charge in [0, 0.05) is 0 Å². The molecular weight excluding hydrogens is 224 g/mol. The molecule has 18 heavy (non-hydrogen) atoms. The molecule has 2 atom stereocenters. The maximum atomic E-state index is 12.2. The van der Waals surface area contributed by atoms with Gasteiger partial charge in [0.1, 0.15) is 0 Å². The van der Waals surface area contributed by atoms with Gasteiger partial charge in [0.05, 0.1) is 12.1 Å². The average Bonchev–Trinajstić information content (AvgIpc) is 2.40. The lowest BCUT2D eigenvalue weighted by Crippen LogP contribution is -2.48. The predicted molar refractivity (Wildman–Crippen MR) is 73.3 cm³/mol. The van der Waals surface area contributed by atoms with Crippen molar-refractivity contribution in [3.63, 3.8) is 0 Å². The van der Waals surface area contributed by atoms with Crippen molar-refractivity contribution in [3.05, 3.63) is 35.9 Å². The van der Waals surface area contributed by atoms with E-state index in [1.165, 1.54) is 6.42 Å².